The first-order valence-corrected chi connectivity index (χ1v) is 6.21. The van der Waals surface area contributed by atoms with E-state index < -0.39 is 0 Å². The highest BCUT2D eigenvalue weighted by Crippen LogP contribution is 2.40. The lowest BCUT2D eigenvalue weighted by atomic mass is 9.85. The second kappa shape index (κ2) is 3.91. The molecule has 0 radical (unpaired) electrons. The molecule has 2 heterocycles. The summed E-state index contributed by atoms with van der Waals surface area (Å²) in [5.41, 5.74) is -0.0207. The lowest BCUT2D eigenvalue weighted by Crippen LogP contribution is -2.52. The van der Waals surface area contributed by atoms with Gasteiger partial charge in [-0.3, -0.25) is 0 Å². The van der Waals surface area contributed by atoms with Crippen molar-refractivity contribution in [3.63, 3.8) is 0 Å². The van der Waals surface area contributed by atoms with Crippen LogP contribution < -0.4 is 10.6 Å². The maximum Gasteiger partial charge on any atom is 0.318 e. The lowest BCUT2D eigenvalue weighted by Gasteiger charge is -2.36. The van der Waals surface area contributed by atoms with E-state index in [1.165, 1.54) is 0 Å². The average molecular weight is 225 g/mol. The van der Waals surface area contributed by atoms with Crippen molar-refractivity contribution in [2.75, 3.05) is 19.6 Å². The van der Waals surface area contributed by atoms with Crippen LogP contribution in [-0.4, -0.2) is 42.1 Å². The summed E-state index contributed by atoms with van der Waals surface area (Å²) in [5.74, 6) is 1.23. The molecule has 2 fully saturated rings. The van der Waals surface area contributed by atoms with Gasteiger partial charge in [-0.15, -0.1) is 0 Å². The summed E-state index contributed by atoms with van der Waals surface area (Å²) in [6.45, 7) is 11.4. The van der Waals surface area contributed by atoms with E-state index in [0.29, 0.717) is 11.8 Å². The number of nitrogens with one attached hydrogen (secondary N) is 2. The number of hydrogen-bond donors (Lipinski definition) is 2. The SMILES string of the molecule is CC(C)NC(=O)N1CC2CNCC2C1(C)C. The van der Waals surface area contributed by atoms with E-state index in [9.17, 15) is 4.79 Å². The molecule has 92 valence electrons. The van der Waals surface area contributed by atoms with Crippen LogP contribution in [0.5, 0.6) is 0 Å². The predicted octanol–water partition coefficient (Wildman–Crippen LogP) is 1.03. The smallest absolute Gasteiger partial charge is 0.318 e. The zero-order chi connectivity index (χ0) is 11.9. The van der Waals surface area contributed by atoms with Crippen LogP contribution in [0.1, 0.15) is 27.7 Å². The molecule has 2 aliphatic heterocycles. The van der Waals surface area contributed by atoms with Crippen LogP contribution in [0, 0.1) is 11.8 Å². The number of rotatable bonds is 1. The van der Waals surface area contributed by atoms with Crippen LogP contribution in [-0.2, 0) is 0 Å². The number of carbonyl (C=O) groups is 1. The molecular weight excluding hydrogens is 202 g/mol. The molecule has 0 aromatic rings. The molecule has 0 bridgehead atoms. The van der Waals surface area contributed by atoms with Gasteiger partial charge >= 0.3 is 6.03 Å². The minimum atomic E-state index is -0.0207. The molecule has 4 nitrogen and oxygen atoms in total. The van der Waals surface area contributed by atoms with Crippen LogP contribution in [0.3, 0.4) is 0 Å². The first-order chi connectivity index (χ1) is 7.43. The van der Waals surface area contributed by atoms with Gasteiger partial charge in [0.1, 0.15) is 0 Å². The summed E-state index contributed by atoms with van der Waals surface area (Å²) in [6, 6.07) is 0.302. The number of hydrogen-bond acceptors (Lipinski definition) is 2. The fraction of sp³-hybridized carbons (Fsp3) is 0.917. The summed E-state index contributed by atoms with van der Waals surface area (Å²) < 4.78 is 0. The van der Waals surface area contributed by atoms with E-state index in [4.69, 9.17) is 0 Å². The molecular formula is C12H23N3O. The standard InChI is InChI=1S/C12H23N3O/c1-8(2)14-11(16)15-7-9-5-13-6-10(9)12(15,3)4/h8-10,13H,5-7H2,1-4H3,(H,14,16). The number of nitrogens with zero attached hydrogens (tertiary/aromatic N) is 1. The average Bonchev–Trinajstić information content (AvgIpc) is 2.67. The lowest BCUT2D eigenvalue weighted by molar-refractivity contribution is 0.144. The van der Waals surface area contributed by atoms with Crippen LogP contribution in [0.2, 0.25) is 0 Å². The molecule has 2 aliphatic rings. The number of fused-ring (bicyclic) bond motifs is 1. The van der Waals surface area contributed by atoms with Crippen molar-refractivity contribution in [3.05, 3.63) is 0 Å². The number of amides is 2. The van der Waals surface area contributed by atoms with Crippen LogP contribution in [0.25, 0.3) is 0 Å². The maximum absolute atomic E-state index is 12.1. The fourth-order valence-corrected chi connectivity index (χ4v) is 3.09. The molecule has 0 saturated carbocycles. The molecule has 16 heavy (non-hydrogen) atoms. The van der Waals surface area contributed by atoms with Gasteiger partial charge < -0.3 is 15.5 Å². The minimum Gasteiger partial charge on any atom is -0.336 e. The molecule has 2 N–H and O–H groups in total. The van der Waals surface area contributed by atoms with E-state index in [-0.39, 0.29) is 17.6 Å². The second-order valence-electron chi connectivity index (χ2n) is 5.89. The summed E-state index contributed by atoms with van der Waals surface area (Å²) in [5, 5.41) is 6.42. The Bertz CT molecular complexity index is 288. The van der Waals surface area contributed by atoms with Crippen molar-refractivity contribution >= 4 is 6.03 Å². The zero-order valence-corrected chi connectivity index (χ0v) is 10.7. The van der Waals surface area contributed by atoms with Crippen molar-refractivity contribution < 1.29 is 4.79 Å². The van der Waals surface area contributed by atoms with Gasteiger partial charge in [0.25, 0.3) is 0 Å². The summed E-state index contributed by atoms with van der Waals surface area (Å²) >= 11 is 0. The highest BCUT2D eigenvalue weighted by atomic mass is 16.2. The topological polar surface area (TPSA) is 44.4 Å². The molecule has 4 heteroatoms. The van der Waals surface area contributed by atoms with Crippen molar-refractivity contribution in [1.82, 2.24) is 15.5 Å². The van der Waals surface area contributed by atoms with Crippen molar-refractivity contribution in [2.45, 2.75) is 39.3 Å². The normalized spacial score (nSPS) is 31.9. The van der Waals surface area contributed by atoms with Gasteiger partial charge in [0.05, 0.1) is 0 Å². The van der Waals surface area contributed by atoms with Crippen molar-refractivity contribution in [3.8, 4) is 0 Å². The molecule has 0 aromatic carbocycles. The Morgan fingerprint density at radius 2 is 2.12 bits per heavy atom. The molecule has 2 unspecified atom stereocenters. The number of urea groups is 1. The fourth-order valence-electron chi connectivity index (χ4n) is 3.09. The molecule has 2 rings (SSSR count). The van der Waals surface area contributed by atoms with E-state index in [1.807, 2.05) is 18.7 Å². The third kappa shape index (κ3) is 1.79. The van der Waals surface area contributed by atoms with Gasteiger partial charge in [0.15, 0.2) is 0 Å². The van der Waals surface area contributed by atoms with E-state index >= 15 is 0 Å². The quantitative estimate of drug-likeness (QED) is 0.700. The highest BCUT2D eigenvalue weighted by molar-refractivity contribution is 5.75. The van der Waals surface area contributed by atoms with E-state index in [2.05, 4.69) is 24.5 Å². The number of carbonyl (C=O) groups excluding carboxylic acids is 1. The predicted molar refractivity (Wildman–Crippen MR) is 64.3 cm³/mol. The molecule has 2 saturated heterocycles. The van der Waals surface area contributed by atoms with Gasteiger partial charge in [0, 0.05) is 31.2 Å². The molecule has 0 aromatic heterocycles. The Labute approximate surface area is 97.8 Å². The van der Waals surface area contributed by atoms with Gasteiger partial charge in [0.2, 0.25) is 0 Å². The first kappa shape index (κ1) is 11.7. The Kier molecular flexibility index (Phi) is 2.86. The van der Waals surface area contributed by atoms with Crippen LogP contribution in [0.15, 0.2) is 0 Å². The first-order valence-electron chi connectivity index (χ1n) is 6.21. The molecule has 0 spiro atoms. The van der Waals surface area contributed by atoms with Crippen molar-refractivity contribution in [1.29, 1.82) is 0 Å². The van der Waals surface area contributed by atoms with Crippen LogP contribution in [0.4, 0.5) is 4.79 Å². The van der Waals surface area contributed by atoms with Crippen molar-refractivity contribution in [2.24, 2.45) is 11.8 Å². The third-order valence-corrected chi connectivity index (χ3v) is 4.02. The molecule has 2 amide bonds. The zero-order valence-electron chi connectivity index (χ0n) is 10.7. The monoisotopic (exact) mass is 225 g/mol. The maximum atomic E-state index is 12.1. The van der Waals surface area contributed by atoms with E-state index in [0.717, 1.165) is 19.6 Å². The Hall–Kier alpha value is -0.770. The Morgan fingerprint density at radius 3 is 2.69 bits per heavy atom. The Balaban J connectivity index is 2.09. The summed E-state index contributed by atoms with van der Waals surface area (Å²) in [6.07, 6.45) is 0. The summed E-state index contributed by atoms with van der Waals surface area (Å²) in [4.78, 5) is 14.1. The third-order valence-electron chi connectivity index (χ3n) is 4.02. The van der Waals surface area contributed by atoms with Gasteiger partial charge in [-0.2, -0.15) is 0 Å². The summed E-state index contributed by atoms with van der Waals surface area (Å²) in [7, 11) is 0. The van der Waals surface area contributed by atoms with Gasteiger partial charge in [-0.1, -0.05) is 0 Å². The Morgan fingerprint density at radius 1 is 1.44 bits per heavy atom. The molecule has 2 atom stereocenters. The van der Waals surface area contributed by atoms with Gasteiger partial charge in [-0.05, 0) is 39.5 Å². The van der Waals surface area contributed by atoms with Gasteiger partial charge in [-0.25, -0.2) is 4.79 Å². The second-order valence-corrected chi connectivity index (χ2v) is 5.89. The number of likely N-dealkylation sites (tertiary alicyclic amines) is 1. The molecule has 0 aliphatic carbocycles. The highest BCUT2D eigenvalue weighted by Gasteiger charge is 2.51. The van der Waals surface area contributed by atoms with E-state index in [1.54, 1.807) is 0 Å². The minimum absolute atomic E-state index is 0.0207. The largest absolute Gasteiger partial charge is 0.336 e. The van der Waals surface area contributed by atoms with Crippen LogP contribution >= 0.6 is 0 Å².